The Bertz CT molecular complexity index is 278. The molecule has 1 saturated heterocycles. The highest BCUT2D eigenvalue weighted by molar-refractivity contribution is 5.76. The Hall–Kier alpha value is -0.650. The standard InChI is InChI=1S/C15H31N3O2/c1-13(2)14(16)6-8-17(3)7-4-5-15(19)18-9-11-20-12-10-18/h13-14H,4-12,16H2,1-3H3. The molecule has 1 rings (SSSR count). The molecule has 20 heavy (non-hydrogen) atoms. The van der Waals surface area contributed by atoms with Crippen LogP contribution in [0.25, 0.3) is 0 Å². The SMILES string of the molecule is CC(C)C(N)CCN(C)CCCC(=O)N1CCOCC1. The van der Waals surface area contributed by atoms with Gasteiger partial charge in [-0.25, -0.2) is 0 Å². The number of carbonyl (C=O) groups excluding carboxylic acids is 1. The fraction of sp³-hybridized carbons (Fsp3) is 0.933. The van der Waals surface area contributed by atoms with Crippen LogP contribution in [0.4, 0.5) is 0 Å². The van der Waals surface area contributed by atoms with Gasteiger partial charge in [0, 0.05) is 25.6 Å². The molecule has 0 radical (unpaired) electrons. The first-order chi connectivity index (χ1) is 9.50. The van der Waals surface area contributed by atoms with Gasteiger partial charge in [0.25, 0.3) is 0 Å². The molecule has 1 unspecified atom stereocenters. The fourth-order valence-corrected chi connectivity index (χ4v) is 2.29. The van der Waals surface area contributed by atoms with Crippen LogP contribution in [-0.2, 0) is 9.53 Å². The average molecular weight is 285 g/mol. The third-order valence-electron chi connectivity index (χ3n) is 3.99. The van der Waals surface area contributed by atoms with Crippen LogP contribution in [-0.4, -0.2) is 68.2 Å². The lowest BCUT2D eigenvalue weighted by molar-refractivity contribution is -0.135. The second kappa shape index (κ2) is 9.32. The monoisotopic (exact) mass is 285 g/mol. The van der Waals surface area contributed by atoms with Crippen LogP contribution in [0.2, 0.25) is 0 Å². The zero-order chi connectivity index (χ0) is 15.0. The van der Waals surface area contributed by atoms with Gasteiger partial charge in [0.05, 0.1) is 13.2 Å². The van der Waals surface area contributed by atoms with Crippen molar-refractivity contribution < 1.29 is 9.53 Å². The van der Waals surface area contributed by atoms with Crippen molar-refractivity contribution in [1.82, 2.24) is 9.80 Å². The van der Waals surface area contributed by atoms with Crippen LogP contribution < -0.4 is 5.73 Å². The Kier molecular flexibility index (Phi) is 8.11. The van der Waals surface area contributed by atoms with Gasteiger partial charge in [-0.1, -0.05) is 13.8 Å². The number of rotatable bonds is 8. The number of amides is 1. The van der Waals surface area contributed by atoms with Gasteiger partial charge in [-0.3, -0.25) is 4.79 Å². The molecule has 5 heteroatoms. The second-order valence-electron chi connectivity index (χ2n) is 6.10. The summed E-state index contributed by atoms with van der Waals surface area (Å²) in [7, 11) is 2.10. The smallest absolute Gasteiger partial charge is 0.222 e. The molecular weight excluding hydrogens is 254 g/mol. The molecule has 0 aromatic heterocycles. The van der Waals surface area contributed by atoms with E-state index < -0.39 is 0 Å². The molecule has 0 aliphatic carbocycles. The first kappa shape index (κ1) is 17.4. The molecule has 1 aliphatic rings. The van der Waals surface area contributed by atoms with Crippen molar-refractivity contribution in [2.45, 2.75) is 39.2 Å². The minimum absolute atomic E-state index is 0.264. The van der Waals surface area contributed by atoms with Gasteiger partial charge in [0.15, 0.2) is 0 Å². The third-order valence-corrected chi connectivity index (χ3v) is 3.99. The molecule has 1 aliphatic heterocycles. The molecule has 0 saturated carbocycles. The van der Waals surface area contributed by atoms with Crippen molar-refractivity contribution in [2.24, 2.45) is 11.7 Å². The van der Waals surface area contributed by atoms with E-state index in [4.69, 9.17) is 10.5 Å². The van der Waals surface area contributed by atoms with E-state index in [1.807, 2.05) is 4.90 Å². The molecule has 0 bridgehead atoms. The van der Waals surface area contributed by atoms with Crippen molar-refractivity contribution in [3.8, 4) is 0 Å². The van der Waals surface area contributed by atoms with Crippen LogP contribution in [0.1, 0.15) is 33.1 Å². The normalized spacial score (nSPS) is 17.8. The minimum Gasteiger partial charge on any atom is -0.378 e. The minimum atomic E-state index is 0.264. The van der Waals surface area contributed by atoms with Gasteiger partial charge in [0.2, 0.25) is 5.91 Å². The topological polar surface area (TPSA) is 58.8 Å². The van der Waals surface area contributed by atoms with Gasteiger partial charge in [-0.05, 0) is 38.9 Å². The van der Waals surface area contributed by atoms with E-state index in [0.29, 0.717) is 25.6 Å². The van der Waals surface area contributed by atoms with Crippen molar-refractivity contribution in [3.63, 3.8) is 0 Å². The summed E-state index contributed by atoms with van der Waals surface area (Å²) in [6.45, 7) is 9.14. The van der Waals surface area contributed by atoms with E-state index in [0.717, 1.165) is 39.0 Å². The molecular formula is C15H31N3O2. The summed E-state index contributed by atoms with van der Waals surface area (Å²) in [4.78, 5) is 16.2. The summed E-state index contributed by atoms with van der Waals surface area (Å²) in [5.41, 5.74) is 6.04. The van der Waals surface area contributed by atoms with Gasteiger partial charge in [0.1, 0.15) is 0 Å². The molecule has 1 heterocycles. The lowest BCUT2D eigenvalue weighted by atomic mass is 10.0. The van der Waals surface area contributed by atoms with Crippen LogP contribution in [0.3, 0.4) is 0 Å². The van der Waals surface area contributed by atoms with E-state index in [2.05, 4.69) is 25.8 Å². The molecule has 1 atom stereocenters. The van der Waals surface area contributed by atoms with Gasteiger partial charge < -0.3 is 20.3 Å². The van der Waals surface area contributed by atoms with Crippen LogP contribution in [0, 0.1) is 5.92 Å². The summed E-state index contributed by atoms with van der Waals surface area (Å²) in [5, 5.41) is 0. The van der Waals surface area contributed by atoms with E-state index >= 15 is 0 Å². The Balaban J connectivity index is 2.08. The fourth-order valence-electron chi connectivity index (χ4n) is 2.29. The lowest BCUT2D eigenvalue weighted by Crippen LogP contribution is -2.40. The number of morpholine rings is 1. The van der Waals surface area contributed by atoms with Crippen LogP contribution in [0.15, 0.2) is 0 Å². The number of nitrogens with two attached hydrogens (primary N) is 1. The molecule has 0 spiro atoms. The summed E-state index contributed by atoms with van der Waals surface area (Å²) in [6, 6.07) is 0.271. The van der Waals surface area contributed by atoms with Crippen LogP contribution >= 0.6 is 0 Å². The van der Waals surface area contributed by atoms with Gasteiger partial charge in [-0.2, -0.15) is 0 Å². The second-order valence-corrected chi connectivity index (χ2v) is 6.10. The van der Waals surface area contributed by atoms with Gasteiger partial charge in [-0.15, -0.1) is 0 Å². The van der Waals surface area contributed by atoms with Crippen molar-refractivity contribution in [2.75, 3.05) is 46.4 Å². The maximum atomic E-state index is 12.0. The van der Waals surface area contributed by atoms with E-state index in [1.165, 1.54) is 0 Å². The Morgan fingerprint density at radius 3 is 2.55 bits per heavy atom. The highest BCUT2D eigenvalue weighted by atomic mass is 16.5. The summed E-state index contributed by atoms with van der Waals surface area (Å²) >= 11 is 0. The van der Waals surface area contributed by atoms with Crippen LogP contribution in [0.5, 0.6) is 0 Å². The molecule has 2 N–H and O–H groups in total. The highest BCUT2D eigenvalue weighted by Gasteiger charge is 2.16. The Morgan fingerprint density at radius 2 is 1.95 bits per heavy atom. The molecule has 0 aromatic rings. The Labute approximate surface area is 123 Å². The number of hydrogen-bond acceptors (Lipinski definition) is 4. The molecule has 118 valence electrons. The third kappa shape index (κ3) is 6.68. The zero-order valence-corrected chi connectivity index (χ0v) is 13.3. The van der Waals surface area contributed by atoms with E-state index in [9.17, 15) is 4.79 Å². The zero-order valence-electron chi connectivity index (χ0n) is 13.3. The van der Waals surface area contributed by atoms with Crippen molar-refractivity contribution in [1.29, 1.82) is 0 Å². The molecule has 1 fully saturated rings. The Morgan fingerprint density at radius 1 is 1.30 bits per heavy atom. The average Bonchev–Trinajstić information content (AvgIpc) is 2.45. The predicted molar refractivity (Wildman–Crippen MR) is 81.6 cm³/mol. The maximum Gasteiger partial charge on any atom is 0.222 e. The summed E-state index contributed by atoms with van der Waals surface area (Å²) < 4.78 is 5.25. The number of hydrogen-bond donors (Lipinski definition) is 1. The summed E-state index contributed by atoms with van der Waals surface area (Å²) in [6.07, 6.45) is 2.58. The summed E-state index contributed by atoms with van der Waals surface area (Å²) in [5.74, 6) is 0.798. The van der Waals surface area contributed by atoms with E-state index in [1.54, 1.807) is 0 Å². The van der Waals surface area contributed by atoms with Crippen molar-refractivity contribution >= 4 is 5.91 Å². The maximum absolute atomic E-state index is 12.0. The molecule has 0 aromatic carbocycles. The number of nitrogens with zero attached hydrogens (tertiary/aromatic N) is 2. The van der Waals surface area contributed by atoms with Gasteiger partial charge >= 0.3 is 0 Å². The predicted octanol–water partition coefficient (Wildman–Crippen LogP) is 0.931. The molecule has 5 nitrogen and oxygen atoms in total. The quantitative estimate of drug-likeness (QED) is 0.721. The van der Waals surface area contributed by atoms with Crippen molar-refractivity contribution in [3.05, 3.63) is 0 Å². The lowest BCUT2D eigenvalue weighted by Gasteiger charge is -2.27. The van der Waals surface area contributed by atoms with E-state index in [-0.39, 0.29) is 11.9 Å². The highest BCUT2D eigenvalue weighted by Crippen LogP contribution is 2.06. The largest absolute Gasteiger partial charge is 0.378 e. The number of carbonyl (C=O) groups is 1. The molecule has 1 amide bonds. The number of ether oxygens (including phenoxy) is 1. The first-order valence-electron chi connectivity index (χ1n) is 7.80. The first-order valence-corrected chi connectivity index (χ1v) is 7.80.